The van der Waals surface area contributed by atoms with Crippen LogP contribution in [0.5, 0.6) is 0 Å². The summed E-state index contributed by atoms with van der Waals surface area (Å²) in [5.41, 5.74) is 1.44. The van der Waals surface area contributed by atoms with Crippen molar-refractivity contribution in [3.8, 4) is 11.8 Å². The van der Waals surface area contributed by atoms with Gasteiger partial charge in [0, 0.05) is 24.9 Å². The van der Waals surface area contributed by atoms with Gasteiger partial charge in [-0.2, -0.15) is 0 Å². The molecule has 0 amide bonds. The number of nitrogens with zero attached hydrogens (tertiary/aromatic N) is 1. The van der Waals surface area contributed by atoms with Crippen LogP contribution in [0.4, 0.5) is 0 Å². The second-order valence-corrected chi connectivity index (χ2v) is 12.5. The van der Waals surface area contributed by atoms with Gasteiger partial charge in [-0.3, -0.25) is 9.69 Å². The molecule has 0 unspecified atom stereocenters. The molecule has 3 nitrogen and oxygen atoms in total. The number of allylic oxidation sites excluding steroid dienone is 3. The van der Waals surface area contributed by atoms with Crippen molar-refractivity contribution in [2.24, 2.45) is 5.41 Å². The topological polar surface area (TPSA) is 40.5 Å². The molecule has 42 heavy (non-hydrogen) atoms. The highest BCUT2D eigenvalue weighted by molar-refractivity contribution is 5.85. The molecule has 0 bridgehead atoms. The molecule has 3 heteroatoms. The van der Waals surface area contributed by atoms with Crippen LogP contribution in [0.1, 0.15) is 123 Å². The third kappa shape index (κ3) is 21.0. The maximum absolute atomic E-state index is 10.3. The number of aliphatic carboxylic acids is 1. The highest BCUT2D eigenvalue weighted by atomic mass is 16.4. The standard InChI is InChI=1S/C21H25N.C18H34O2/c1-21(2,3)15-8-5-9-16-22(4)17-19-13-10-12-18-11-6-7-14-20(18)19;1-2-3-4-5-6-7-8-9-10-11-12-13-14-15-16-17-18(19)20/h5-7,9-14H,16-17H2,1-4H3;9-10H,2-8,11-17H2,1H3,(H,19,20). The molecule has 232 valence electrons. The highest BCUT2D eigenvalue weighted by Crippen LogP contribution is 2.19. The van der Waals surface area contributed by atoms with E-state index in [4.69, 9.17) is 5.11 Å². The van der Waals surface area contributed by atoms with E-state index >= 15 is 0 Å². The number of rotatable bonds is 19. The lowest BCUT2D eigenvalue weighted by Gasteiger charge is -2.15. The minimum absolute atomic E-state index is 0.0686. The molecular weight excluding hydrogens is 514 g/mol. The van der Waals surface area contributed by atoms with Crippen molar-refractivity contribution in [2.45, 2.75) is 124 Å². The Morgan fingerprint density at radius 2 is 1.40 bits per heavy atom. The fraction of sp³-hybridized carbons (Fsp3) is 0.564. The van der Waals surface area contributed by atoms with Crippen molar-refractivity contribution in [3.05, 3.63) is 72.3 Å². The molecule has 0 aliphatic rings. The molecule has 2 aromatic carbocycles. The van der Waals surface area contributed by atoms with Gasteiger partial charge < -0.3 is 5.11 Å². The SMILES string of the molecule is CCCCCCCCC=CCCCCCCCC(=O)O.CN(CC=CC#CC(C)(C)C)Cc1cccc2ccccc12. The summed E-state index contributed by atoms with van der Waals surface area (Å²) in [4.78, 5) is 12.6. The normalized spacial score (nSPS) is 11.6. The van der Waals surface area contributed by atoms with Crippen molar-refractivity contribution >= 4 is 16.7 Å². The van der Waals surface area contributed by atoms with Crippen molar-refractivity contribution in [2.75, 3.05) is 13.6 Å². The first kappa shape index (κ1) is 37.2. The molecule has 0 radical (unpaired) electrons. The van der Waals surface area contributed by atoms with E-state index in [-0.39, 0.29) is 5.41 Å². The zero-order valence-corrected chi connectivity index (χ0v) is 27.5. The van der Waals surface area contributed by atoms with Crippen LogP contribution in [0.15, 0.2) is 66.8 Å². The fourth-order valence-electron chi connectivity index (χ4n) is 4.68. The molecule has 2 rings (SSSR count). The second-order valence-electron chi connectivity index (χ2n) is 12.5. The van der Waals surface area contributed by atoms with Gasteiger partial charge >= 0.3 is 5.97 Å². The lowest BCUT2D eigenvalue weighted by atomic mass is 9.98. The summed E-state index contributed by atoms with van der Waals surface area (Å²) in [6, 6.07) is 15.1. The summed E-state index contributed by atoms with van der Waals surface area (Å²) >= 11 is 0. The number of unbranched alkanes of at least 4 members (excludes halogenated alkanes) is 11. The van der Waals surface area contributed by atoms with Gasteiger partial charge in [-0.1, -0.05) is 131 Å². The van der Waals surface area contributed by atoms with Crippen LogP contribution in [-0.2, 0) is 11.3 Å². The third-order valence-corrected chi connectivity index (χ3v) is 7.04. The number of carboxylic acids is 1. The van der Waals surface area contributed by atoms with Crippen LogP contribution in [0.25, 0.3) is 10.8 Å². The molecule has 0 atom stereocenters. The maximum Gasteiger partial charge on any atom is 0.303 e. The molecule has 0 aromatic heterocycles. The molecule has 0 aliphatic heterocycles. The lowest BCUT2D eigenvalue weighted by Crippen LogP contribution is -2.17. The average molecular weight is 574 g/mol. The number of carbonyl (C=O) groups is 1. The van der Waals surface area contributed by atoms with Crippen molar-refractivity contribution in [3.63, 3.8) is 0 Å². The van der Waals surface area contributed by atoms with E-state index < -0.39 is 5.97 Å². The lowest BCUT2D eigenvalue weighted by molar-refractivity contribution is -0.137. The zero-order valence-electron chi connectivity index (χ0n) is 27.5. The quantitative estimate of drug-likeness (QED) is 0.103. The molecular formula is C39H59NO2. The van der Waals surface area contributed by atoms with Crippen LogP contribution < -0.4 is 0 Å². The fourth-order valence-corrected chi connectivity index (χ4v) is 4.68. The van der Waals surface area contributed by atoms with Gasteiger partial charge in [-0.05, 0) is 82.3 Å². The number of hydrogen-bond acceptors (Lipinski definition) is 2. The average Bonchev–Trinajstić information content (AvgIpc) is 2.95. The first-order valence-electron chi connectivity index (χ1n) is 16.4. The number of benzene rings is 2. The monoisotopic (exact) mass is 573 g/mol. The molecule has 0 fully saturated rings. The summed E-state index contributed by atoms with van der Waals surface area (Å²) < 4.78 is 0. The summed E-state index contributed by atoms with van der Waals surface area (Å²) in [7, 11) is 2.14. The Morgan fingerprint density at radius 3 is 2.05 bits per heavy atom. The second kappa shape index (κ2) is 23.7. The smallest absolute Gasteiger partial charge is 0.303 e. The van der Waals surface area contributed by atoms with E-state index in [0.29, 0.717) is 6.42 Å². The van der Waals surface area contributed by atoms with Crippen LogP contribution in [-0.4, -0.2) is 29.6 Å². The van der Waals surface area contributed by atoms with E-state index in [1.165, 1.54) is 87.0 Å². The Hall–Kier alpha value is -2.83. The predicted octanol–water partition coefficient (Wildman–Crippen LogP) is 11.0. The van der Waals surface area contributed by atoms with Gasteiger partial charge in [0.05, 0.1) is 0 Å². The van der Waals surface area contributed by atoms with Gasteiger partial charge in [-0.25, -0.2) is 0 Å². The number of fused-ring (bicyclic) bond motifs is 1. The van der Waals surface area contributed by atoms with E-state index in [1.807, 2.05) is 6.08 Å². The first-order chi connectivity index (χ1) is 20.2. The molecule has 0 aliphatic carbocycles. The van der Waals surface area contributed by atoms with Crippen molar-refractivity contribution in [1.82, 2.24) is 4.90 Å². The van der Waals surface area contributed by atoms with Crippen LogP contribution >= 0.6 is 0 Å². The van der Waals surface area contributed by atoms with Gasteiger partial charge in [-0.15, -0.1) is 0 Å². The predicted molar refractivity (Wildman–Crippen MR) is 184 cm³/mol. The van der Waals surface area contributed by atoms with Crippen LogP contribution in [0.3, 0.4) is 0 Å². The van der Waals surface area contributed by atoms with Gasteiger partial charge in [0.15, 0.2) is 0 Å². The van der Waals surface area contributed by atoms with E-state index in [9.17, 15) is 4.79 Å². The third-order valence-electron chi connectivity index (χ3n) is 7.04. The van der Waals surface area contributed by atoms with Crippen molar-refractivity contribution in [1.29, 1.82) is 0 Å². The van der Waals surface area contributed by atoms with Gasteiger partial charge in [0.2, 0.25) is 0 Å². The number of likely N-dealkylation sites (N-methyl/N-ethyl adjacent to an activating group) is 1. The van der Waals surface area contributed by atoms with Crippen molar-refractivity contribution < 1.29 is 9.90 Å². The molecule has 0 saturated heterocycles. The minimum atomic E-state index is -0.664. The zero-order chi connectivity index (χ0) is 30.9. The summed E-state index contributed by atoms with van der Waals surface area (Å²) in [6.07, 6.45) is 25.3. The Morgan fingerprint density at radius 1 is 0.810 bits per heavy atom. The first-order valence-corrected chi connectivity index (χ1v) is 16.4. The van der Waals surface area contributed by atoms with E-state index in [2.05, 4.69) is 112 Å². The molecule has 0 spiro atoms. The van der Waals surface area contributed by atoms with Crippen LogP contribution in [0, 0.1) is 17.3 Å². The van der Waals surface area contributed by atoms with Crippen LogP contribution in [0.2, 0.25) is 0 Å². The summed E-state index contributed by atoms with van der Waals surface area (Å²) in [5.74, 6) is 5.67. The Labute approximate surface area is 258 Å². The molecule has 0 saturated carbocycles. The maximum atomic E-state index is 10.3. The van der Waals surface area contributed by atoms with Gasteiger partial charge in [0.25, 0.3) is 0 Å². The Kier molecular flexibility index (Phi) is 21.0. The largest absolute Gasteiger partial charge is 0.481 e. The summed E-state index contributed by atoms with van der Waals surface area (Å²) in [6.45, 7) is 10.5. The number of carboxylic acid groups (broad SMARTS) is 1. The van der Waals surface area contributed by atoms with E-state index in [1.54, 1.807) is 0 Å². The Balaban J connectivity index is 0.000000423. The summed E-state index contributed by atoms with van der Waals surface area (Å²) in [5, 5.41) is 11.2. The number of hydrogen-bond donors (Lipinski definition) is 1. The van der Waals surface area contributed by atoms with E-state index in [0.717, 1.165) is 25.9 Å². The molecule has 2 aromatic rings. The minimum Gasteiger partial charge on any atom is -0.481 e. The molecule has 1 N–H and O–H groups in total. The molecule has 0 heterocycles. The Bertz CT molecular complexity index is 1090. The van der Waals surface area contributed by atoms with Gasteiger partial charge in [0.1, 0.15) is 0 Å². The highest BCUT2D eigenvalue weighted by Gasteiger charge is 2.04.